The van der Waals surface area contributed by atoms with Crippen molar-refractivity contribution in [3.05, 3.63) is 21.3 Å². The molecule has 0 aromatic heterocycles. The van der Waals surface area contributed by atoms with Gasteiger partial charge in [-0.15, -0.1) is 0 Å². The summed E-state index contributed by atoms with van der Waals surface area (Å²) in [6.07, 6.45) is 0.681. The summed E-state index contributed by atoms with van der Waals surface area (Å²) in [4.78, 5) is 10.7. The van der Waals surface area contributed by atoms with Gasteiger partial charge in [-0.3, -0.25) is 10.1 Å². The molecular formula is C2HBrNO2. The van der Waals surface area contributed by atoms with E-state index in [0.717, 1.165) is 0 Å². The van der Waals surface area contributed by atoms with E-state index in [1.54, 1.807) is 0 Å². The molecule has 1 radical (unpaired) electrons. The second-order valence-corrected chi connectivity index (χ2v) is 0.981. The Kier molecular flexibility index (Phi) is 2.66. The fourth-order valence-electron chi connectivity index (χ4n) is 0.0398. The molecule has 0 N–H and O–H groups in total. The van der Waals surface area contributed by atoms with E-state index in [-0.39, 0.29) is 0 Å². The standard InChI is InChI=1S/C2HBrNO2/c3-1-2-4(5)6/h2H. The largest absolute Gasteiger partial charge is 0.259 e. The summed E-state index contributed by atoms with van der Waals surface area (Å²) in [5, 5.41) is 9.26. The van der Waals surface area contributed by atoms with Crippen molar-refractivity contribution < 1.29 is 4.92 Å². The Labute approximate surface area is 42.9 Å². The van der Waals surface area contributed by atoms with Crippen LogP contribution < -0.4 is 0 Å². The maximum atomic E-state index is 9.26. The highest BCUT2D eigenvalue weighted by molar-refractivity contribution is 9.10. The van der Waals surface area contributed by atoms with Crippen LogP contribution in [0.1, 0.15) is 0 Å². The predicted octanol–water partition coefficient (Wildman–Crippen LogP) is 0.932. The normalized spacial score (nSPS) is 9.50. The molecule has 33 valence electrons. The zero-order valence-corrected chi connectivity index (χ0v) is 4.31. The van der Waals surface area contributed by atoms with Crippen LogP contribution in [0.4, 0.5) is 0 Å². The molecule has 0 heterocycles. The molecule has 0 spiro atoms. The number of hydrogen-bond donors (Lipinski definition) is 0. The molecule has 0 aromatic carbocycles. The fourth-order valence-corrected chi connectivity index (χ4v) is 0.207. The van der Waals surface area contributed by atoms with Crippen LogP contribution in [0, 0.1) is 15.1 Å². The Bertz CT molecular complexity index is 79.6. The van der Waals surface area contributed by atoms with Crippen LogP contribution in [0.2, 0.25) is 0 Å². The maximum Gasteiger partial charge on any atom is 0.249 e. The van der Waals surface area contributed by atoms with Gasteiger partial charge in [-0.2, -0.15) is 0 Å². The Morgan fingerprint density at radius 2 is 2.50 bits per heavy atom. The number of halogens is 1. The third-order valence-corrected chi connectivity index (χ3v) is 0.359. The highest BCUT2D eigenvalue weighted by atomic mass is 79.9. The van der Waals surface area contributed by atoms with Gasteiger partial charge in [-0.05, 0) is 15.9 Å². The molecule has 4 heteroatoms. The minimum Gasteiger partial charge on any atom is -0.259 e. The van der Waals surface area contributed by atoms with Gasteiger partial charge in [0.1, 0.15) is 4.99 Å². The van der Waals surface area contributed by atoms with E-state index >= 15 is 0 Å². The van der Waals surface area contributed by atoms with Crippen molar-refractivity contribution in [3.63, 3.8) is 0 Å². The maximum absolute atomic E-state index is 9.26. The van der Waals surface area contributed by atoms with E-state index in [0.29, 0.717) is 6.20 Å². The summed E-state index contributed by atoms with van der Waals surface area (Å²) in [7, 11) is 0. The Balaban J connectivity index is 3.30. The van der Waals surface area contributed by atoms with Crippen molar-refractivity contribution in [3.8, 4) is 0 Å². The van der Waals surface area contributed by atoms with Gasteiger partial charge in [0.05, 0.1) is 4.92 Å². The molecule has 0 amide bonds. The van der Waals surface area contributed by atoms with Crippen molar-refractivity contribution in [1.82, 2.24) is 0 Å². The Morgan fingerprint density at radius 1 is 2.00 bits per heavy atom. The predicted molar refractivity (Wildman–Crippen MR) is 23.7 cm³/mol. The average molecular weight is 151 g/mol. The molecule has 0 bridgehead atoms. The molecule has 0 saturated carbocycles. The van der Waals surface area contributed by atoms with Gasteiger partial charge < -0.3 is 0 Å². The lowest BCUT2D eigenvalue weighted by atomic mass is 11.1. The van der Waals surface area contributed by atoms with E-state index in [9.17, 15) is 10.1 Å². The fraction of sp³-hybridized carbons (Fsp3) is 0. The van der Waals surface area contributed by atoms with E-state index in [1.807, 2.05) is 0 Å². The lowest BCUT2D eigenvalue weighted by Gasteiger charge is -1.67. The first-order chi connectivity index (χ1) is 2.77. The first-order valence-corrected chi connectivity index (χ1v) is 1.89. The molecule has 3 nitrogen and oxygen atoms in total. The summed E-state index contributed by atoms with van der Waals surface area (Å²) in [5.41, 5.74) is 0. The molecule has 0 aromatic rings. The number of rotatable bonds is 1. The highest BCUT2D eigenvalue weighted by Crippen LogP contribution is 1.77. The van der Waals surface area contributed by atoms with Crippen LogP contribution in [0.5, 0.6) is 0 Å². The smallest absolute Gasteiger partial charge is 0.249 e. The third-order valence-electron chi connectivity index (χ3n) is 0.154. The van der Waals surface area contributed by atoms with Crippen LogP contribution in [-0.2, 0) is 0 Å². The zero-order chi connectivity index (χ0) is 4.99. The molecule has 0 unspecified atom stereocenters. The summed E-state index contributed by atoms with van der Waals surface area (Å²) < 4.78 is 0. The molecule has 0 fully saturated rings. The molecule has 0 aliphatic carbocycles. The van der Waals surface area contributed by atoms with Gasteiger partial charge in [0.2, 0.25) is 6.20 Å². The van der Waals surface area contributed by atoms with Gasteiger partial charge >= 0.3 is 0 Å². The van der Waals surface area contributed by atoms with Crippen LogP contribution >= 0.6 is 15.9 Å². The lowest BCUT2D eigenvalue weighted by molar-refractivity contribution is -0.402. The first-order valence-electron chi connectivity index (χ1n) is 1.10. The number of nitrogens with zero attached hydrogens (tertiary/aromatic N) is 1. The summed E-state index contributed by atoms with van der Waals surface area (Å²) in [6.45, 7) is 0. The molecule has 6 heavy (non-hydrogen) atoms. The topological polar surface area (TPSA) is 43.1 Å². The molecule has 0 aliphatic heterocycles. The van der Waals surface area contributed by atoms with E-state index in [2.05, 4.69) is 20.9 Å². The molecule has 0 aliphatic rings. The molecule has 0 rings (SSSR count). The lowest BCUT2D eigenvalue weighted by Crippen LogP contribution is -1.79. The Hall–Kier alpha value is -0.380. The first kappa shape index (κ1) is 5.62. The molecule has 0 atom stereocenters. The van der Waals surface area contributed by atoms with Crippen LogP contribution in [0.25, 0.3) is 0 Å². The third kappa shape index (κ3) is 3.62. The van der Waals surface area contributed by atoms with Gasteiger partial charge in [0.15, 0.2) is 0 Å². The number of hydrogen-bond acceptors (Lipinski definition) is 2. The van der Waals surface area contributed by atoms with Crippen LogP contribution in [0.15, 0.2) is 6.20 Å². The molecular weight excluding hydrogens is 150 g/mol. The average Bonchev–Trinajstić information content (AvgIpc) is 1.35. The van der Waals surface area contributed by atoms with Crippen molar-refractivity contribution in [1.29, 1.82) is 0 Å². The van der Waals surface area contributed by atoms with Gasteiger partial charge in [0, 0.05) is 0 Å². The van der Waals surface area contributed by atoms with Crippen LogP contribution in [-0.4, -0.2) is 4.92 Å². The van der Waals surface area contributed by atoms with Gasteiger partial charge in [0.25, 0.3) is 0 Å². The monoisotopic (exact) mass is 150 g/mol. The minimum absolute atomic E-state index is 0.602. The second-order valence-electron chi connectivity index (χ2n) is 0.524. The summed E-state index contributed by atoms with van der Waals surface area (Å²) in [5.74, 6) is 0. The van der Waals surface area contributed by atoms with Crippen LogP contribution in [0.3, 0.4) is 0 Å². The van der Waals surface area contributed by atoms with Crippen molar-refractivity contribution in [2.45, 2.75) is 0 Å². The molecule has 0 saturated heterocycles. The quantitative estimate of drug-likeness (QED) is 0.413. The van der Waals surface area contributed by atoms with Crippen molar-refractivity contribution in [2.24, 2.45) is 0 Å². The van der Waals surface area contributed by atoms with E-state index < -0.39 is 4.92 Å². The summed E-state index contributed by atoms with van der Waals surface area (Å²) >= 11 is 2.60. The zero-order valence-electron chi connectivity index (χ0n) is 2.72. The van der Waals surface area contributed by atoms with Gasteiger partial charge in [-0.1, -0.05) is 0 Å². The van der Waals surface area contributed by atoms with E-state index in [4.69, 9.17) is 0 Å². The van der Waals surface area contributed by atoms with E-state index in [1.165, 1.54) is 0 Å². The SMILES string of the molecule is O=[N+]([O-])C=[C]Br. The number of nitro groups is 1. The second kappa shape index (κ2) is 2.84. The summed E-state index contributed by atoms with van der Waals surface area (Å²) in [6, 6.07) is 0. The van der Waals surface area contributed by atoms with Crippen molar-refractivity contribution in [2.75, 3.05) is 0 Å². The Morgan fingerprint density at radius 3 is 2.50 bits per heavy atom. The highest BCUT2D eigenvalue weighted by Gasteiger charge is 1.76. The van der Waals surface area contributed by atoms with Crippen molar-refractivity contribution >= 4 is 15.9 Å². The minimum atomic E-state index is -0.602. The van der Waals surface area contributed by atoms with Gasteiger partial charge in [-0.25, -0.2) is 0 Å².